The van der Waals surface area contributed by atoms with Gasteiger partial charge in [0.1, 0.15) is 11.6 Å². The maximum atomic E-state index is 13.9. The second-order valence-electron chi connectivity index (χ2n) is 6.16. The lowest BCUT2D eigenvalue weighted by molar-refractivity contribution is -0.112. The summed E-state index contributed by atoms with van der Waals surface area (Å²) in [5, 5.41) is 12.4. The normalized spacial score (nSPS) is 10.9. The van der Waals surface area contributed by atoms with Gasteiger partial charge in [-0.2, -0.15) is 14.6 Å². The highest BCUT2D eigenvalue weighted by Crippen LogP contribution is 2.33. The van der Waals surface area contributed by atoms with Gasteiger partial charge in [0.2, 0.25) is 11.1 Å². The van der Waals surface area contributed by atoms with Crippen molar-refractivity contribution in [2.24, 2.45) is 0 Å². The van der Waals surface area contributed by atoms with E-state index in [1.54, 1.807) is 43.3 Å². The van der Waals surface area contributed by atoms with E-state index in [0.29, 0.717) is 22.9 Å². The van der Waals surface area contributed by atoms with Crippen molar-refractivity contribution >= 4 is 40.9 Å². The van der Waals surface area contributed by atoms with Gasteiger partial charge in [0.25, 0.3) is 11.8 Å². The zero-order chi connectivity index (χ0) is 23.1. The van der Waals surface area contributed by atoms with Gasteiger partial charge in [-0.15, -0.1) is 0 Å². The summed E-state index contributed by atoms with van der Waals surface area (Å²) in [6.07, 6.45) is 2.28. The van der Waals surface area contributed by atoms with Crippen molar-refractivity contribution in [1.29, 1.82) is 5.26 Å². The molecule has 1 amide bonds. The largest absolute Gasteiger partial charge is 0.490 e. The molecule has 32 heavy (non-hydrogen) atoms. The molecule has 7 nitrogen and oxygen atoms in total. The Bertz CT molecular complexity index is 1210. The second kappa shape index (κ2) is 10.6. The van der Waals surface area contributed by atoms with E-state index in [4.69, 9.17) is 32.7 Å². The summed E-state index contributed by atoms with van der Waals surface area (Å²) in [7, 11) is 0. The summed E-state index contributed by atoms with van der Waals surface area (Å²) < 4.78 is 25.0. The number of rotatable bonds is 7. The first kappa shape index (κ1) is 23.0. The van der Waals surface area contributed by atoms with Gasteiger partial charge in [-0.25, -0.2) is 4.98 Å². The molecule has 162 valence electrons. The zero-order valence-electron chi connectivity index (χ0n) is 16.6. The smallest absolute Gasteiger partial charge is 0.266 e. The molecular formula is C22H15Cl2FN4O3. The van der Waals surface area contributed by atoms with Crippen LogP contribution in [0.1, 0.15) is 12.5 Å². The van der Waals surface area contributed by atoms with Gasteiger partial charge < -0.3 is 14.8 Å². The number of benzene rings is 2. The molecule has 0 radical (unpaired) electrons. The van der Waals surface area contributed by atoms with Crippen molar-refractivity contribution in [2.45, 2.75) is 6.92 Å². The molecule has 0 fully saturated rings. The maximum absolute atomic E-state index is 13.9. The molecule has 0 unspecified atom stereocenters. The van der Waals surface area contributed by atoms with E-state index >= 15 is 0 Å². The highest BCUT2D eigenvalue weighted by Gasteiger charge is 2.14. The van der Waals surface area contributed by atoms with Crippen molar-refractivity contribution < 1.29 is 18.7 Å². The van der Waals surface area contributed by atoms with Crippen LogP contribution in [0.15, 0.2) is 54.2 Å². The molecule has 3 aromatic rings. The van der Waals surface area contributed by atoms with E-state index < -0.39 is 11.7 Å². The first-order chi connectivity index (χ1) is 15.4. The third kappa shape index (κ3) is 5.94. The third-order valence-electron chi connectivity index (χ3n) is 3.93. The topological polar surface area (TPSA) is 97.1 Å². The van der Waals surface area contributed by atoms with E-state index in [2.05, 4.69) is 15.3 Å². The number of aromatic nitrogens is 2. The minimum Gasteiger partial charge on any atom is -0.490 e. The van der Waals surface area contributed by atoms with E-state index in [0.717, 1.165) is 6.20 Å². The molecule has 0 atom stereocenters. The second-order valence-corrected chi connectivity index (χ2v) is 6.94. The maximum Gasteiger partial charge on any atom is 0.266 e. The number of nitrogens with zero attached hydrogens (tertiary/aromatic N) is 3. The SMILES string of the molecule is CCOc1cc(C=C(C#N)C(=O)Nc2ccc(Cl)cc2)ccc1Oc1nc(Cl)ncc1F. The molecule has 3 rings (SSSR count). The molecule has 10 heteroatoms. The fourth-order valence-corrected chi connectivity index (χ4v) is 2.77. The standard InChI is InChI=1S/C22H15Cl2FN4O3/c1-2-31-19-10-13(3-8-18(19)32-21-17(25)12-27-22(24)29-21)9-14(11-26)20(30)28-16-6-4-15(23)5-7-16/h3-10,12H,2H2,1H3,(H,28,30). The number of hydrogen-bond acceptors (Lipinski definition) is 6. The summed E-state index contributed by atoms with van der Waals surface area (Å²) in [4.78, 5) is 19.7. The number of anilines is 1. The fourth-order valence-electron chi connectivity index (χ4n) is 2.52. The Kier molecular flexibility index (Phi) is 7.60. The monoisotopic (exact) mass is 472 g/mol. The van der Waals surface area contributed by atoms with Crippen LogP contribution in [0.2, 0.25) is 10.3 Å². The quantitative estimate of drug-likeness (QED) is 0.270. The average Bonchev–Trinajstić information content (AvgIpc) is 2.77. The molecule has 1 heterocycles. The predicted octanol–water partition coefficient (Wildman–Crippen LogP) is 5.66. The molecule has 0 saturated heterocycles. The number of nitriles is 1. The Labute approximate surface area is 193 Å². The molecule has 2 aromatic carbocycles. The van der Waals surface area contributed by atoms with Crippen LogP contribution in [0.5, 0.6) is 17.4 Å². The lowest BCUT2D eigenvalue weighted by Crippen LogP contribution is -2.13. The first-order valence-electron chi connectivity index (χ1n) is 9.21. The minimum absolute atomic E-state index is 0.135. The molecule has 0 aliphatic rings. The Hall–Kier alpha value is -3.67. The number of halogens is 3. The Morgan fingerprint density at radius 3 is 2.66 bits per heavy atom. The molecule has 1 aromatic heterocycles. The first-order valence-corrected chi connectivity index (χ1v) is 9.96. The van der Waals surface area contributed by atoms with Crippen molar-refractivity contribution in [2.75, 3.05) is 11.9 Å². The Balaban J connectivity index is 1.86. The number of amides is 1. The van der Waals surface area contributed by atoms with Crippen LogP contribution in [0, 0.1) is 17.1 Å². The summed E-state index contributed by atoms with van der Waals surface area (Å²) in [5.74, 6) is -1.33. The summed E-state index contributed by atoms with van der Waals surface area (Å²) >= 11 is 11.5. The average molecular weight is 473 g/mol. The molecule has 0 spiro atoms. The number of ether oxygens (including phenoxy) is 2. The van der Waals surface area contributed by atoms with Gasteiger partial charge in [-0.3, -0.25) is 4.79 Å². The lowest BCUT2D eigenvalue weighted by Gasteiger charge is -2.12. The Morgan fingerprint density at radius 1 is 1.22 bits per heavy atom. The van der Waals surface area contributed by atoms with Crippen molar-refractivity contribution in [3.63, 3.8) is 0 Å². The van der Waals surface area contributed by atoms with E-state index in [1.807, 2.05) is 6.07 Å². The van der Waals surface area contributed by atoms with E-state index in [1.165, 1.54) is 12.1 Å². The molecule has 0 bridgehead atoms. The van der Waals surface area contributed by atoms with Gasteiger partial charge >= 0.3 is 0 Å². The highest BCUT2D eigenvalue weighted by atomic mass is 35.5. The van der Waals surface area contributed by atoms with Crippen LogP contribution in [0.25, 0.3) is 6.08 Å². The summed E-state index contributed by atoms with van der Waals surface area (Å²) in [6, 6.07) is 13.0. The third-order valence-corrected chi connectivity index (χ3v) is 4.37. The van der Waals surface area contributed by atoms with Crippen LogP contribution >= 0.6 is 23.2 Å². The van der Waals surface area contributed by atoms with Crippen molar-refractivity contribution in [3.05, 3.63) is 75.9 Å². The molecule has 0 aliphatic carbocycles. The molecule has 0 saturated carbocycles. The van der Waals surface area contributed by atoms with Gasteiger partial charge in [-0.05, 0) is 66.6 Å². The molecule has 0 aliphatic heterocycles. The van der Waals surface area contributed by atoms with Gasteiger partial charge in [0.15, 0.2) is 11.5 Å². The van der Waals surface area contributed by atoms with Crippen LogP contribution in [0.4, 0.5) is 10.1 Å². The highest BCUT2D eigenvalue weighted by molar-refractivity contribution is 6.30. The van der Waals surface area contributed by atoms with E-state index in [9.17, 15) is 14.4 Å². The zero-order valence-corrected chi connectivity index (χ0v) is 18.1. The van der Waals surface area contributed by atoms with Gasteiger partial charge in [-0.1, -0.05) is 17.7 Å². The van der Waals surface area contributed by atoms with Crippen LogP contribution in [-0.4, -0.2) is 22.5 Å². The molecule has 1 N–H and O–H groups in total. The number of carbonyl (C=O) groups is 1. The van der Waals surface area contributed by atoms with Crippen LogP contribution in [0.3, 0.4) is 0 Å². The van der Waals surface area contributed by atoms with Crippen molar-refractivity contribution in [3.8, 4) is 23.4 Å². The molecular weight excluding hydrogens is 458 g/mol. The number of nitrogens with one attached hydrogen (secondary N) is 1. The van der Waals surface area contributed by atoms with E-state index in [-0.39, 0.29) is 28.2 Å². The van der Waals surface area contributed by atoms with Crippen LogP contribution in [-0.2, 0) is 4.79 Å². The summed E-state index contributed by atoms with van der Waals surface area (Å²) in [6.45, 7) is 2.05. The number of hydrogen-bond donors (Lipinski definition) is 1. The minimum atomic E-state index is -0.800. The van der Waals surface area contributed by atoms with Crippen molar-refractivity contribution in [1.82, 2.24) is 9.97 Å². The van der Waals surface area contributed by atoms with Gasteiger partial charge in [0.05, 0.1) is 12.8 Å². The summed E-state index contributed by atoms with van der Waals surface area (Å²) in [5.41, 5.74) is 0.847. The fraction of sp³-hybridized carbons (Fsp3) is 0.0909. The van der Waals surface area contributed by atoms with Crippen LogP contribution < -0.4 is 14.8 Å². The number of carbonyl (C=O) groups excluding carboxylic acids is 1. The van der Waals surface area contributed by atoms with Gasteiger partial charge in [0, 0.05) is 10.7 Å². The lowest BCUT2D eigenvalue weighted by atomic mass is 10.1. The Morgan fingerprint density at radius 2 is 1.97 bits per heavy atom. The predicted molar refractivity (Wildman–Crippen MR) is 118 cm³/mol.